The van der Waals surface area contributed by atoms with Gasteiger partial charge in [0, 0.05) is 24.5 Å². The third-order valence-corrected chi connectivity index (χ3v) is 3.77. The fourth-order valence-corrected chi connectivity index (χ4v) is 2.49. The molecule has 1 aliphatic heterocycles. The molecule has 0 aliphatic carbocycles. The van der Waals surface area contributed by atoms with Crippen molar-refractivity contribution in [1.82, 2.24) is 4.90 Å². The maximum atomic E-state index is 13.1. The topological polar surface area (TPSA) is 49.4 Å². The third kappa shape index (κ3) is 4.47. The minimum absolute atomic E-state index is 0.160. The molecule has 1 saturated heterocycles. The Hall–Kier alpha value is -2.09. The number of allylic oxidation sites excluding steroid dienone is 1. The van der Waals surface area contributed by atoms with Gasteiger partial charge in [0.2, 0.25) is 5.91 Å². The highest BCUT2D eigenvalue weighted by atomic mass is 35.5. The maximum Gasteiger partial charge on any atom is 0.454 e. The first-order valence-corrected chi connectivity index (χ1v) is 7.37. The predicted molar refractivity (Wildman–Crippen MR) is 80.0 cm³/mol. The molecule has 0 saturated carbocycles. The minimum atomic E-state index is -4.95. The summed E-state index contributed by atoms with van der Waals surface area (Å²) < 4.78 is 49.7. The number of hydrogen-bond acceptors (Lipinski definition) is 3. The molecule has 0 bridgehead atoms. The van der Waals surface area contributed by atoms with Crippen molar-refractivity contribution in [3.63, 3.8) is 0 Å². The second-order valence-corrected chi connectivity index (χ2v) is 5.60. The molecule has 1 unspecified atom stereocenters. The zero-order chi connectivity index (χ0) is 17.9. The number of anilines is 1. The van der Waals surface area contributed by atoms with Gasteiger partial charge in [-0.3, -0.25) is 9.59 Å². The van der Waals surface area contributed by atoms with Gasteiger partial charge in [-0.2, -0.15) is 13.2 Å². The summed E-state index contributed by atoms with van der Waals surface area (Å²) in [5.74, 6) is -3.09. The van der Waals surface area contributed by atoms with Crippen LogP contribution in [0.2, 0.25) is 5.02 Å². The predicted octanol–water partition coefficient (Wildman–Crippen LogP) is 3.53. The van der Waals surface area contributed by atoms with Crippen LogP contribution in [0.1, 0.15) is 12.8 Å². The van der Waals surface area contributed by atoms with E-state index in [1.165, 1.54) is 17.0 Å². The lowest BCUT2D eigenvalue weighted by Crippen LogP contribution is -2.36. The van der Waals surface area contributed by atoms with E-state index in [0.717, 1.165) is 12.3 Å². The second kappa shape index (κ2) is 7.21. The Morgan fingerprint density at radius 1 is 1.33 bits per heavy atom. The van der Waals surface area contributed by atoms with Crippen molar-refractivity contribution in [1.29, 1.82) is 0 Å². The molecule has 0 aromatic heterocycles. The Balaban J connectivity index is 2.04. The molecule has 1 amide bonds. The summed E-state index contributed by atoms with van der Waals surface area (Å²) in [6, 6.07) is 2.93. The molecule has 130 valence electrons. The number of likely N-dealkylation sites (tertiary alicyclic amines) is 1. The van der Waals surface area contributed by atoms with E-state index in [1.807, 2.05) is 0 Å². The fraction of sp³-hybridized carbons (Fsp3) is 0.333. The number of benzene rings is 1. The number of nitrogens with zero attached hydrogens (tertiary/aromatic N) is 1. The lowest BCUT2D eigenvalue weighted by molar-refractivity contribution is -0.165. The Morgan fingerprint density at radius 2 is 2.04 bits per heavy atom. The van der Waals surface area contributed by atoms with Crippen LogP contribution in [0.5, 0.6) is 0 Å². The Bertz CT molecular complexity index is 676. The highest BCUT2D eigenvalue weighted by Crippen LogP contribution is 2.23. The molecule has 24 heavy (non-hydrogen) atoms. The van der Waals surface area contributed by atoms with E-state index in [2.05, 4.69) is 5.32 Å². The zero-order valence-electron chi connectivity index (χ0n) is 12.2. The third-order valence-electron chi connectivity index (χ3n) is 3.48. The number of hydrogen-bond donors (Lipinski definition) is 1. The second-order valence-electron chi connectivity index (χ2n) is 5.19. The van der Waals surface area contributed by atoms with Crippen molar-refractivity contribution < 1.29 is 27.2 Å². The van der Waals surface area contributed by atoms with Gasteiger partial charge in [-0.1, -0.05) is 11.6 Å². The lowest BCUT2D eigenvalue weighted by atomic mass is 10.2. The molecule has 1 aliphatic rings. The van der Waals surface area contributed by atoms with Crippen LogP contribution in [-0.4, -0.2) is 35.4 Å². The van der Waals surface area contributed by atoms with Crippen molar-refractivity contribution in [2.45, 2.75) is 25.1 Å². The van der Waals surface area contributed by atoms with Crippen LogP contribution >= 0.6 is 11.6 Å². The molecule has 1 aromatic rings. The standard InChI is InChI=1S/C15H13ClF4N2O2/c16-10-8-9(3-4-11(10)17)21-14(24)12-2-1-6-22(12)7-5-13(23)15(18,19)20/h3-5,7-8,12H,1-2,6H2,(H,21,24)/b7-5+. The van der Waals surface area contributed by atoms with Gasteiger partial charge in [0.25, 0.3) is 5.78 Å². The highest BCUT2D eigenvalue weighted by molar-refractivity contribution is 6.31. The number of carbonyl (C=O) groups excluding carboxylic acids is 2. The molecule has 1 heterocycles. The average Bonchev–Trinajstić information content (AvgIpc) is 2.96. The monoisotopic (exact) mass is 364 g/mol. The van der Waals surface area contributed by atoms with E-state index in [9.17, 15) is 27.2 Å². The van der Waals surface area contributed by atoms with Crippen LogP contribution in [0.25, 0.3) is 0 Å². The van der Waals surface area contributed by atoms with Gasteiger partial charge in [-0.15, -0.1) is 0 Å². The summed E-state index contributed by atoms with van der Waals surface area (Å²) in [5, 5.41) is 2.37. The molecular weight excluding hydrogens is 352 g/mol. The molecule has 2 rings (SSSR count). The van der Waals surface area contributed by atoms with Gasteiger partial charge in [-0.25, -0.2) is 4.39 Å². The number of rotatable bonds is 4. The van der Waals surface area contributed by atoms with Gasteiger partial charge < -0.3 is 10.2 Å². The normalized spacial score (nSPS) is 18.2. The van der Waals surface area contributed by atoms with Crippen molar-refractivity contribution in [3.8, 4) is 0 Å². The molecule has 4 nitrogen and oxygen atoms in total. The summed E-state index contributed by atoms with van der Waals surface area (Å²) in [6.45, 7) is 0.351. The van der Waals surface area contributed by atoms with Crippen molar-refractivity contribution >= 4 is 29.0 Å². The van der Waals surface area contributed by atoms with Gasteiger partial charge in [0.05, 0.1) is 5.02 Å². The smallest absolute Gasteiger partial charge is 0.365 e. The number of ketones is 1. The first-order valence-electron chi connectivity index (χ1n) is 6.99. The molecule has 0 spiro atoms. The summed E-state index contributed by atoms with van der Waals surface area (Å²) in [5.41, 5.74) is 0.272. The van der Waals surface area contributed by atoms with Crippen LogP contribution in [0, 0.1) is 5.82 Å². The zero-order valence-corrected chi connectivity index (χ0v) is 13.0. The lowest BCUT2D eigenvalue weighted by Gasteiger charge is -2.22. The molecule has 1 aromatic carbocycles. The number of halogens is 5. The molecule has 9 heteroatoms. The number of carbonyl (C=O) groups is 2. The van der Waals surface area contributed by atoms with Gasteiger partial charge in [0.1, 0.15) is 11.9 Å². The van der Waals surface area contributed by atoms with E-state index in [0.29, 0.717) is 25.5 Å². The quantitative estimate of drug-likeness (QED) is 0.657. The van der Waals surface area contributed by atoms with Crippen LogP contribution in [0.4, 0.5) is 23.2 Å². The van der Waals surface area contributed by atoms with Crippen LogP contribution in [-0.2, 0) is 9.59 Å². The first-order chi connectivity index (χ1) is 11.2. The molecular formula is C15H13ClF4N2O2. The van der Waals surface area contributed by atoms with E-state index < -0.39 is 29.7 Å². The SMILES string of the molecule is O=C(Nc1ccc(F)c(Cl)c1)C1CCCN1/C=C/C(=O)C(F)(F)F. The number of nitrogens with one attached hydrogen (secondary N) is 1. The number of amides is 1. The summed E-state index contributed by atoms with van der Waals surface area (Å²) in [4.78, 5) is 24.5. The van der Waals surface area contributed by atoms with Gasteiger partial charge in [0.15, 0.2) is 0 Å². The van der Waals surface area contributed by atoms with Gasteiger partial charge >= 0.3 is 6.18 Å². The molecule has 0 radical (unpaired) electrons. The van der Waals surface area contributed by atoms with Crippen molar-refractivity contribution in [2.24, 2.45) is 0 Å². The van der Waals surface area contributed by atoms with Crippen molar-refractivity contribution in [2.75, 3.05) is 11.9 Å². The Kier molecular flexibility index (Phi) is 5.48. The van der Waals surface area contributed by atoms with Crippen molar-refractivity contribution in [3.05, 3.63) is 41.3 Å². The van der Waals surface area contributed by atoms with E-state index in [1.54, 1.807) is 0 Å². The highest BCUT2D eigenvalue weighted by Gasteiger charge is 2.37. The fourth-order valence-electron chi connectivity index (χ4n) is 2.31. The largest absolute Gasteiger partial charge is 0.454 e. The summed E-state index contributed by atoms with van der Waals surface area (Å²) in [6.07, 6.45) is -2.55. The minimum Gasteiger partial charge on any atom is -0.365 e. The Morgan fingerprint density at radius 3 is 2.67 bits per heavy atom. The van der Waals surface area contributed by atoms with Crippen LogP contribution in [0.3, 0.4) is 0 Å². The van der Waals surface area contributed by atoms with Crippen LogP contribution < -0.4 is 5.32 Å². The molecule has 1 N–H and O–H groups in total. The summed E-state index contributed by atoms with van der Waals surface area (Å²) in [7, 11) is 0. The van der Waals surface area contributed by atoms with E-state index in [4.69, 9.17) is 11.6 Å². The average molecular weight is 365 g/mol. The first kappa shape index (κ1) is 18.3. The molecule has 1 fully saturated rings. The molecule has 1 atom stereocenters. The van der Waals surface area contributed by atoms with Gasteiger partial charge in [-0.05, 0) is 31.0 Å². The Labute approximate surface area is 140 Å². The maximum absolute atomic E-state index is 13.1. The number of alkyl halides is 3. The summed E-state index contributed by atoms with van der Waals surface area (Å²) >= 11 is 5.62. The van der Waals surface area contributed by atoms with E-state index >= 15 is 0 Å². The van der Waals surface area contributed by atoms with E-state index in [-0.39, 0.29) is 10.7 Å². The van der Waals surface area contributed by atoms with Crippen LogP contribution in [0.15, 0.2) is 30.5 Å².